The van der Waals surface area contributed by atoms with Crippen molar-refractivity contribution in [3.8, 4) is 0 Å². The zero-order valence-electron chi connectivity index (χ0n) is 30.5. The van der Waals surface area contributed by atoms with E-state index < -0.39 is 72.7 Å². The predicted molar refractivity (Wildman–Crippen MR) is 186 cm³/mol. The van der Waals surface area contributed by atoms with E-state index in [0.29, 0.717) is 32.1 Å². The topological polar surface area (TPSA) is 223 Å². The van der Waals surface area contributed by atoms with Crippen molar-refractivity contribution < 1.29 is 81.3 Å². The Morgan fingerprint density at radius 2 is 0.944 bits per heavy atom. The molecule has 0 aromatic carbocycles. The molecule has 5 atom stereocenters. The molecular weight excluding hydrogens is 716 g/mol. The van der Waals surface area contributed by atoms with Crippen molar-refractivity contribution in [3.05, 3.63) is 50.6 Å². The number of hydrogen-bond acceptors (Lipinski definition) is 17. The lowest BCUT2D eigenvalue weighted by molar-refractivity contribution is -0.298. The van der Waals surface area contributed by atoms with E-state index in [9.17, 15) is 38.7 Å². The van der Waals surface area contributed by atoms with Gasteiger partial charge in [-0.1, -0.05) is 26.3 Å². The Hall–Kier alpha value is -4.87. The van der Waals surface area contributed by atoms with E-state index in [1.807, 2.05) is 0 Å². The lowest BCUT2D eigenvalue weighted by atomic mass is 10.0. The molecule has 1 aliphatic rings. The highest BCUT2D eigenvalue weighted by Crippen LogP contribution is 2.28. The Balaban J connectivity index is 3.11. The van der Waals surface area contributed by atoms with Gasteiger partial charge >= 0.3 is 41.8 Å². The van der Waals surface area contributed by atoms with Crippen LogP contribution in [0.1, 0.15) is 77.0 Å². The summed E-state index contributed by atoms with van der Waals surface area (Å²) >= 11 is 0. The van der Waals surface area contributed by atoms with Gasteiger partial charge in [-0.3, -0.25) is 14.4 Å². The van der Waals surface area contributed by atoms with Crippen LogP contribution in [0.25, 0.3) is 0 Å². The zero-order valence-corrected chi connectivity index (χ0v) is 30.5. The van der Waals surface area contributed by atoms with Gasteiger partial charge in [-0.25, -0.2) is 19.2 Å². The number of ether oxygens (including phenoxy) is 9. The third kappa shape index (κ3) is 21.6. The summed E-state index contributed by atoms with van der Waals surface area (Å²) in [6, 6.07) is 0. The van der Waals surface area contributed by atoms with Gasteiger partial charge in [0.15, 0.2) is 18.5 Å². The standard InChI is InChI=1S/C37H52O17/c1-5-27(38)46-21-13-9-17-31(42)51-26-25-50-37(54-34(45)20-12-16-24-49-30(41)8-4)36(53-33(44)19-11-15-23-48-29(40)7-3)35(26)52-32(43)18-10-14-22-47-28(39)6-2/h5-8,26,32,35-37,43H,1-4,9-25H2/t26-,32?,35?,36-,37?/m1/s1. The molecule has 1 N–H and O–H groups in total. The van der Waals surface area contributed by atoms with Crippen LogP contribution in [0.2, 0.25) is 0 Å². The van der Waals surface area contributed by atoms with Gasteiger partial charge in [-0.15, -0.1) is 0 Å². The fraction of sp³-hybridized carbons (Fsp3) is 0.595. The summed E-state index contributed by atoms with van der Waals surface area (Å²) in [5, 5.41) is 10.9. The van der Waals surface area contributed by atoms with E-state index in [1.54, 1.807) is 0 Å². The number of carbonyl (C=O) groups is 7. The average Bonchev–Trinajstić information content (AvgIpc) is 3.15. The van der Waals surface area contributed by atoms with E-state index in [1.165, 1.54) is 0 Å². The highest BCUT2D eigenvalue weighted by Gasteiger charge is 2.48. The second-order valence-electron chi connectivity index (χ2n) is 11.6. The third-order valence-electron chi connectivity index (χ3n) is 7.31. The van der Waals surface area contributed by atoms with Crippen LogP contribution in [-0.2, 0) is 76.2 Å². The molecule has 0 aromatic rings. The number of esters is 7. The summed E-state index contributed by atoms with van der Waals surface area (Å²) in [5.74, 6) is -4.66. The van der Waals surface area contributed by atoms with Crippen molar-refractivity contribution in [3.63, 3.8) is 0 Å². The van der Waals surface area contributed by atoms with Gasteiger partial charge in [0, 0.05) is 43.6 Å². The number of aliphatic hydroxyl groups excluding tert-OH is 1. The number of carbonyl (C=O) groups excluding carboxylic acids is 7. The summed E-state index contributed by atoms with van der Waals surface area (Å²) in [5.41, 5.74) is 0. The summed E-state index contributed by atoms with van der Waals surface area (Å²) in [7, 11) is 0. The molecule has 54 heavy (non-hydrogen) atoms. The van der Waals surface area contributed by atoms with E-state index in [2.05, 4.69) is 26.3 Å². The Morgan fingerprint density at radius 3 is 1.37 bits per heavy atom. The SMILES string of the molecule is C=CC(=O)OCCCCC(=O)OC1OC[C@@H](OC(=O)CCCCOC(=O)C=C)C(OC(O)CCCCOC(=O)C=C)[C@H]1OC(=O)CCCCOC(=O)C=C. The molecule has 1 fully saturated rings. The number of aliphatic hydroxyl groups is 1. The van der Waals surface area contributed by atoms with Gasteiger partial charge in [0.2, 0.25) is 6.29 Å². The molecule has 1 heterocycles. The molecule has 17 heteroatoms. The van der Waals surface area contributed by atoms with Crippen LogP contribution < -0.4 is 0 Å². The van der Waals surface area contributed by atoms with Crippen molar-refractivity contribution in [2.75, 3.05) is 33.0 Å². The highest BCUT2D eigenvalue weighted by molar-refractivity contribution is 5.82. The molecule has 3 unspecified atom stereocenters. The Bertz CT molecular complexity index is 1260. The molecule has 302 valence electrons. The summed E-state index contributed by atoms with van der Waals surface area (Å²) in [4.78, 5) is 83.9. The first-order valence-corrected chi connectivity index (χ1v) is 17.6. The molecule has 0 saturated carbocycles. The van der Waals surface area contributed by atoms with Crippen LogP contribution >= 0.6 is 0 Å². The van der Waals surface area contributed by atoms with Crippen LogP contribution in [0.15, 0.2) is 50.6 Å². The molecule has 0 amide bonds. The lowest BCUT2D eigenvalue weighted by Crippen LogP contribution is -2.59. The lowest BCUT2D eigenvalue weighted by Gasteiger charge is -2.41. The van der Waals surface area contributed by atoms with Gasteiger partial charge in [-0.2, -0.15) is 0 Å². The molecule has 0 aromatic heterocycles. The smallest absolute Gasteiger partial charge is 0.330 e. The number of hydrogen-bond donors (Lipinski definition) is 1. The van der Waals surface area contributed by atoms with Crippen molar-refractivity contribution in [1.29, 1.82) is 0 Å². The highest BCUT2D eigenvalue weighted by atomic mass is 16.7. The van der Waals surface area contributed by atoms with E-state index in [0.717, 1.165) is 24.3 Å². The van der Waals surface area contributed by atoms with E-state index in [4.69, 9.17) is 42.6 Å². The van der Waals surface area contributed by atoms with Gasteiger partial charge in [0.05, 0.1) is 33.0 Å². The predicted octanol–water partition coefficient (Wildman–Crippen LogP) is 3.01. The van der Waals surface area contributed by atoms with Crippen molar-refractivity contribution in [1.82, 2.24) is 0 Å². The summed E-state index contributed by atoms with van der Waals surface area (Å²) < 4.78 is 48.2. The number of rotatable bonds is 29. The summed E-state index contributed by atoms with van der Waals surface area (Å²) in [6.07, 6.45) is -1.03. The fourth-order valence-electron chi connectivity index (χ4n) is 4.57. The largest absolute Gasteiger partial charge is 0.463 e. The van der Waals surface area contributed by atoms with Crippen LogP contribution in [0.4, 0.5) is 0 Å². The monoisotopic (exact) mass is 768 g/mol. The Morgan fingerprint density at radius 1 is 0.556 bits per heavy atom. The average molecular weight is 769 g/mol. The molecule has 0 radical (unpaired) electrons. The maximum atomic E-state index is 13.1. The normalized spacial score (nSPS) is 18.1. The van der Waals surface area contributed by atoms with Crippen LogP contribution in [0.5, 0.6) is 0 Å². The van der Waals surface area contributed by atoms with E-state index >= 15 is 0 Å². The third-order valence-corrected chi connectivity index (χ3v) is 7.31. The Labute approximate surface area is 314 Å². The van der Waals surface area contributed by atoms with Gasteiger partial charge in [0.25, 0.3) is 0 Å². The first kappa shape index (κ1) is 47.2. The second kappa shape index (κ2) is 28.6. The maximum absolute atomic E-state index is 13.1. The summed E-state index contributed by atoms with van der Waals surface area (Å²) in [6.45, 7) is 13.1. The first-order valence-electron chi connectivity index (χ1n) is 17.6. The molecular formula is C37H52O17. The molecule has 17 nitrogen and oxygen atoms in total. The fourth-order valence-corrected chi connectivity index (χ4v) is 4.57. The van der Waals surface area contributed by atoms with Crippen molar-refractivity contribution >= 4 is 41.8 Å². The minimum Gasteiger partial charge on any atom is -0.463 e. The molecule has 1 rings (SSSR count). The van der Waals surface area contributed by atoms with E-state index in [-0.39, 0.29) is 78.0 Å². The van der Waals surface area contributed by atoms with Gasteiger partial charge < -0.3 is 47.7 Å². The molecule has 0 spiro atoms. The molecule has 0 bridgehead atoms. The van der Waals surface area contributed by atoms with Gasteiger partial charge in [0.1, 0.15) is 6.10 Å². The molecule has 1 aliphatic heterocycles. The molecule has 1 saturated heterocycles. The van der Waals surface area contributed by atoms with Crippen LogP contribution in [0.3, 0.4) is 0 Å². The molecule has 0 aliphatic carbocycles. The van der Waals surface area contributed by atoms with Crippen LogP contribution in [-0.4, -0.2) is 111 Å². The van der Waals surface area contributed by atoms with Crippen molar-refractivity contribution in [2.24, 2.45) is 0 Å². The maximum Gasteiger partial charge on any atom is 0.330 e. The first-order chi connectivity index (χ1) is 25.9. The van der Waals surface area contributed by atoms with Gasteiger partial charge in [-0.05, 0) is 57.8 Å². The minimum absolute atomic E-state index is 0.0249. The Kier molecular flexibility index (Phi) is 25.0. The zero-order chi connectivity index (χ0) is 40.1. The second-order valence-corrected chi connectivity index (χ2v) is 11.6. The quantitative estimate of drug-likeness (QED) is 0.0380. The van der Waals surface area contributed by atoms with Crippen molar-refractivity contribution in [2.45, 2.75) is 108 Å². The van der Waals surface area contributed by atoms with Crippen LogP contribution in [0, 0.1) is 0 Å². The minimum atomic E-state index is -1.54. The number of unbranched alkanes of at least 4 members (excludes halogenated alkanes) is 4.